The van der Waals surface area contributed by atoms with Crippen molar-refractivity contribution in [2.45, 2.75) is 13.8 Å². The van der Waals surface area contributed by atoms with Crippen molar-refractivity contribution in [1.29, 1.82) is 0 Å². The molecule has 0 aliphatic rings. The number of fused-ring (bicyclic) bond motifs is 1. The molecular formula is C17H14ClN3OS. The summed E-state index contributed by atoms with van der Waals surface area (Å²) < 4.78 is 0.994. The molecule has 0 saturated carbocycles. The number of pyridine rings is 1. The van der Waals surface area contributed by atoms with Crippen molar-refractivity contribution in [2.24, 2.45) is 5.10 Å². The van der Waals surface area contributed by atoms with Crippen molar-refractivity contribution >= 4 is 44.6 Å². The number of nitrogens with one attached hydrogen (secondary N) is 1. The van der Waals surface area contributed by atoms with Crippen LogP contribution in [0.2, 0.25) is 5.02 Å². The number of rotatable bonds is 3. The number of benzene rings is 1. The molecule has 1 aromatic carbocycles. The van der Waals surface area contributed by atoms with Crippen molar-refractivity contribution < 1.29 is 4.79 Å². The number of hydrogen-bond donors (Lipinski definition) is 1. The number of hydrazone groups is 1. The van der Waals surface area contributed by atoms with E-state index in [0.29, 0.717) is 15.6 Å². The van der Waals surface area contributed by atoms with Crippen LogP contribution in [0.25, 0.3) is 10.1 Å². The summed E-state index contributed by atoms with van der Waals surface area (Å²) in [6, 6.07) is 9.64. The van der Waals surface area contributed by atoms with Crippen molar-refractivity contribution in [3.05, 3.63) is 63.8 Å². The number of carbonyl (C=O) groups is 1. The van der Waals surface area contributed by atoms with Crippen LogP contribution in [0.15, 0.2) is 47.8 Å². The second kappa shape index (κ2) is 6.48. The van der Waals surface area contributed by atoms with Gasteiger partial charge in [0.25, 0.3) is 5.91 Å². The molecule has 0 unspecified atom stereocenters. The lowest BCUT2D eigenvalue weighted by molar-refractivity contribution is 0.0959. The topological polar surface area (TPSA) is 54.4 Å². The Morgan fingerprint density at radius 2 is 2.17 bits per heavy atom. The normalized spacial score (nSPS) is 11.7. The van der Waals surface area contributed by atoms with Crippen LogP contribution in [0.5, 0.6) is 0 Å². The SMILES string of the molecule is C/C(=N\NC(=O)c1sc2cc(C)ccc2c1Cl)c1cccnc1. The molecule has 0 aliphatic carbocycles. The van der Waals surface area contributed by atoms with Gasteiger partial charge in [-0.25, -0.2) is 5.43 Å². The average molecular weight is 344 g/mol. The van der Waals surface area contributed by atoms with E-state index in [9.17, 15) is 4.79 Å². The fraction of sp³-hybridized carbons (Fsp3) is 0.118. The van der Waals surface area contributed by atoms with E-state index < -0.39 is 0 Å². The molecule has 1 amide bonds. The number of halogens is 1. The Balaban J connectivity index is 1.85. The highest BCUT2D eigenvalue weighted by Gasteiger charge is 2.17. The standard InChI is InChI=1S/C17H14ClN3OS/c1-10-5-6-13-14(8-10)23-16(15(13)18)17(22)21-20-11(2)12-4-3-7-19-9-12/h3-9H,1-2H3,(H,21,22)/b20-11+. The first kappa shape index (κ1) is 15.6. The van der Waals surface area contributed by atoms with Crippen LogP contribution in [0.1, 0.15) is 27.7 Å². The zero-order valence-corrected chi connectivity index (χ0v) is 14.2. The first-order valence-electron chi connectivity index (χ1n) is 7.00. The third-order valence-electron chi connectivity index (χ3n) is 3.40. The zero-order valence-electron chi connectivity index (χ0n) is 12.6. The number of thiophene rings is 1. The molecule has 3 rings (SSSR count). The van der Waals surface area contributed by atoms with Crippen molar-refractivity contribution in [3.63, 3.8) is 0 Å². The second-order valence-corrected chi connectivity index (χ2v) is 6.55. The van der Waals surface area contributed by atoms with Crippen LogP contribution in [-0.4, -0.2) is 16.6 Å². The van der Waals surface area contributed by atoms with Gasteiger partial charge in [0.05, 0.1) is 10.7 Å². The first-order valence-corrected chi connectivity index (χ1v) is 8.19. The number of nitrogens with zero attached hydrogens (tertiary/aromatic N) is 2. The quantitative estimate of drug-likeness (QED) is 0.565. The van der Waals surface area contributed by atoms with Crippen LogP contribution in [0.3, 0.4) is 0 Å². The van der Waals surface area contributed by atoms with Gasteiger partial charge in [-0.1, -0.05) is 29.8 Å². The molecule has 1 N–H and O–H groups in total. The van der Waals surface area contributed by atoms with Crippen LogP contribution in [-0.2, 0) is 0 Å². The van der Waals surface area contributed by atoms with E-state index in [4.69, 9.17) is 11.6 Å². The van der Waals surface area contributed by atoms with Crippen molar-refractivity contribution in [2.75, 3.05) is 0 Å². The molecule has 0 aliphatic heterocycles. The van der Waals surface area contributed by atoms with E-state index in [-0.39, 0.29) is 5.91 Å². The largest absolute Gasteiger partial charge is 0.283 e. The van der Waals surface area contributed by atoms with Gasteiger partial charge >= 0.3 is 0 Å². The molecule has 2 heterocycles. The van der Waals surface area contributed by atoms with Crippen LogP contribution >= 0.6 is 22.9 Å². The molecule has 2 aromatic heterocycles. The summed E-state index contributed by atoms with van der Waals surface area (Å²) in [5.41, 5.74) is 5.23. The summed E-state index contributed by atoms with van der Waals surface area (Å²) in [5, 5.41) is 5.48. The minimum Gasteiger partial charge on any atom is -0.266 e. The van der Waals surface area contributed by atoms with E-state index in [1.165, 1.54) is 11.3 Å². The first-order chi connectivity index (χ1) is 11.1. The van der Waals surface area contributed by atoms with Gasteiger partial charge in [0.1, 0.15) is 4.88 Å². The summed E-state index contributed by atoms with van der Waals surface area (Å²) in [4.78, 5) is 16.8. The predicted octanol–water partition coefficient (Wildman–Crippen LogP) is 4.41. The van der Waals surface area contributed by atoms with Crippen LogP contribution in [0.4, 0.5) is 0 Å². The summed E-state index contributed by atoms with van der Waals surface area (Å²) in [6.07, 6.45) is 3.38. The van der Waals surface area contributed by atoms with Gasteiger partial charge in [-0.2, -0.15) is 5.10 Å². The minimum atomic E-state index is -0.308. The van der Waals surface area contributed by atoms with Crippen molar-refractivity contribution in [1.82, 2.24) is 10.4 Å². The molecule has 116 valence electrons. The average Bonchev–Trinajstić information content (AvgIpc) is 2.89. The van der Waals surface area contributed by atoms with Gasteiger partial charge in [-0.3, -0.25) is 9.78 Å². The van der Waals surface area contributed by atoms with Gasteiger partial charge < -0.3 is 0 Å². The number of carbonyl (C=O) groups excluding carboxylic acids is 1. The van der Waals surface area contributed by atoms with Gasteiger partial charge in [-0.15, -0.1) is 11.3 Å². The van der Waals surface area contributed by atoms with Crippen molar-refractivity contribution in [3.8, 4) is 0 Å². The Kier molecular flexibility index (Phi) is 4.41. The molecule has 0 saturated heterocycles. The number of aryl methyl sites for hydroxylation is 1. The van der Waals surface area contributed by atoms with Gasteiger partial charge in [0.2, 0.25) is 0 Å². The molecule has 0 radical (unpaired) electrons. The fourth-order valence-electron chi connectivity index (χ4n) is 2.15. The minimum absolute atomic E-state index is 0.308. The second-order valence-electron chi connectivity index (χ2n) is 5.12. The Labute approximate surface area is 142 Å². The molecule has 0 spiro atoms. The summed E-state index contributed by atoms with van der Waals surface area (Å²) in [6.45, 7) is 3.82. The smallest absolute Gasteiger partial charge is 0.266 e. The highest BCUT2D eigenvalue weighted by molar-refractivity contribution is 7.21. The lowest BCUT2D eigenvalue weighted by Crippen LogP contribution is -2.18. The fourth-order valence-corrected chi connectivity index (χ4v) is 3.65. The maximum absolute atomic E-state index is 12.3. The Hall–Kier alpha value is -2.24. The zero-order chi connectivity index (χ0) is 16.4. The third kappa shape index (κ3) is 3.25. The van der Waals surface area contributed by atoms with Crippen LogP contribution < -0.4 is 5.43 Å². The Morgan fingerprint density at radius 3 is 2.91 bits per heavy atom. The molecule has 3 aromatic rings. The Morgan fingerprint density at radius 1 is 1.35 bits per heavy atom. The number of aromatic nitrogens is 1. The van der Waals surface area contributed by atoms with Gasteiger partial charge in [0, 0.05) is 28.0 Å². The molecule has 6 heteroatoms. The van der Waals surface area contributed by atoms with E-state index in [0.717, 1.165) is 21.2 Å². The lowest BCUT2D eigenvalue weighted by Gasteiger charge is -2.01. The monoisotopic (exact) mass is 343 g/mol. The maximum atomic E-state index is 12.3. The molecule has 4 nitrogen and oxygen atoms in total. The number of hydrogen-bond acceptors (Lipinski definition) is 4. The van der Waals surface area contributed by atoms with E-state index in [1.807, 2.05) is 44.2 Å². The summed E-state index contributed by atoms with van der Waals surface area (Å²) in [5.74, 6) is -0.308. The van der Waals surface area contributed by atoms with E-state index >= 15 is 0 Å². The number of amides is 1. The van der Waals surface area contributed by atoms with E-state index in [2.05, 4.69) is 15.5 Å². The lowest BCUT2D eigenvalue weighted by atomic mass is 10.2. The predicted molar refractivity (Wildman–Crippen MR) is 95.5 cm³/mol. The summed E-state index contributed by atoms with van der Waals surface area (Å²) >= 11 is 7.70. The third-order valence-corrected chi connectivity index (χ3v) is 5.05. The summed E-state index contributed by atoms with van der Waals surface area (Å²) in [7, 11) is 0. The molecule has 0 bridgehead atoms. The van der Waals surface area contributed by atoms with E-state index in [1.54, 1.807) is 12.4 Å². The Bertz CT molecular complexity index is 903. The van der Waals surface area contributed by atoms with Gasteiger partial charge in [0.15, 0.2) is 0 Å². The maximum Gasteiger partial charge on any atom is 0.283 e. The molecule has 0 fully saturated rings. The molecule has 0 atom stereocenters. The highest BCUT2D eigenvalue weighted by Crippen LogP contribution is 2.35. The van der Waals surface area contributed by atoms with Crippen LogP contribution in [0, 0.1) is 6.92 Å². The van der Waals surface area contributed by atoms with Gasteiger partial charge in [-0.05, 0) is 31.5 Å². The highest BCUT2D eigenvalue weighted by atomic mass is 35.5. The molecule has 23 heavy (non-hydrogen) atoms. The molecular weight excluding hydrogens is 330 g/mol.